The number of aliphatic carboxylic acids is 1. The molecule has 120 valence electrons. The van der Waals surface area contributed by atoms with Gasteiger partial charge in [0.2, 0.25) is 0 Å². The third-order valence-electron chi connectivity index (χ3n) is 4.71. The van der Waals surface area contributed by atoms with E-state index in [0.29, 0.717) is 11.1 Å². The first-order valence-corrected chi connectivity index (χ1v) is 8.08. The number of aryl methyl sites for hydroxylation is 3. The first kappa shape index (κ1) is 14.2. The van der Waals surface area contributed by atoms with Gasteiger partial charge in [-0.1, -0.05) is 0 Å². The van der Waals surface area contributed by atoms with Gasteiger partial charge in [0, 0.05) is 30.8 Å². The summed E-state index contributed by atoms with van der Waals surface area (Å²) in [4.78, 5) is 29.7. The molecule has 0 spiro atoms. The van der Waals surface area contributed by atoms with Crippen molar-refractivity contribution in [2.24, 2.45) is 0 Å². The van der Waals surface area contributed by atoms with Gasteiger partial charge in [-0.15, -0.1) is 0 Å². The summed E-state index contributed by atoms with van der Waals surface area (Å²) in [6.45, 7) is 2.11. The number of carboxylic acids is 1. The Morgan fingerprint density at radius 2 is 2.09 bits per heavy atom. The van der Waals surface area contributed by atoms with Crippen LogP contribution in [0, 0.1) is 0 Å². The third kappa shape index (κ3) is 2.38. The van der Waals surface area contributed by atoms with E-state index in [1.54, 1.807) is 0 Å². The zero-order valence-electron chi connectivity index (χ0n) is 12.8. The van der Waals surface area contributed by atoms with Crippen LogP contribution in [0.2, 0.25) is 0 Å². The number of carboxylic acid groups (broad SMARTS) is 1. The number of nitrogens with zero attached hydrogens (tertiary/aromatic N) is 2. The Morgan fingerprint density at radius 3 is 2.87 bits per heavy atom. The monoisotopic (exact) mass is 314 g/mol. The fourth-order valence-electron chi connectivity index (χ4n) is 3.74. The van der Waals surface area contributed by atoms with Crippen molar-refractivity contribution >= 4 is 22.8 Å². The molecule has 1 aromatic carbocycles. The maximum Gasteiger partial charge on any atom is 0.358 e. The molecule has 0 radical (unpaired) electrons. The molecule has 0 amide bonds. The molecular formula is C17H18N2O4. The third-order valence-corrected chi connectivity index (χ3v) is 4.71. The second-order valence-electron chi connectivity index (χ2n) is 6.25. The van der Waals surface area contributed by atoms with E-state index in [0.717, 1.165) is 44.3 Å². The summed E-state index contributed by atoms with van der Waals surface area (Å²) >= 11 is 0. The Morgan fingerprint density at radius 1 is 1.30 bits per heavy atom. The van der Waals surface area contributed by atoms with Crippen LogP contribution in [0.3, 0.4) is 0 Å². The fourth-order valence-corrected chi connectivity index (χ4v) is 3.74. The summed E-state index contributed by atoms with van der Waals surface area (Å²) in [6, 6.07) is 2.01. The maximum absolute atomic E-state index is 12.1. The Labute approximate surface area is 132 Å². The Kier molecular flexibility index (Phi) is 3.32. The SMILES string of the molecule is O=C(O)CCc1nc2cc3c4c(c2oc1=O)CCCN4CCC3. The molecule has 1 N–H and O–H groups in total. The van der Waals surface area contributed by atoms with Crippen molar-refractivity contribution in [2.45, 2.75) is 38.5 Å². The molecule has 0 bridgehead atoms. The number of fused-ring (bicyclic) bond motifs is 2. The number of anilines is 1. The molecule has 1 aromatic heterocycles. The molecule has 0 saturated heterocycles. The zero-order valence-corrected chi connectivity index (χ0v) is 12.8. The predicted molar refractivity (Wildman–Crippen MR) is 85.1 cm³/mol. The number of aromatic nitrogens is 1. The van der Waals surface area contributed by atoms with E-state index in [-0.39, 0.29) is 18.5 Å². The predicted octanol–water partition coefficient (Wildman–Crippen LogP) is 1.90. The molecule has 2 aliphatic rings. The maximum atomic E-state index is 12.1. The molecule has 0 saturated carbocycles. The van der Waals surface area contributed by atoms with Gasteiger partial charge < -0.3 is 14.4 Å². The van der Waals surface area contributed by atoms with Crippen molar-refractivity contribution in [2.75, 3.05) is 18.0 Å². The van der Waals surface area contributed by atoms with Gasteiger partial charge in [-0.05, 0) is 37.3 Å². The highest BCUT2D eigenvalue weighted by atomic mass is 16.4. The summed E-state index contributed by atoms with van der Waals surface area (Å²) in [5, 5.41) is 8.79. The lowest BCUT2D eigenvalue weighted by Crippen LogP contribution is -2.34. The summed E-state index contributed by atoms with van der Waals surface area (Å²) in [5.41, 5.74) is 4.56. The first-order valence-electron chi connectivity index (χ1n) is 8.08. The molecule has 0 atom stereocenters. The zero-order chi connectivity index (χ0) is 16.0. The van der Waals surface area contributed by atoms with E-state index >= 15 is 0 Å². The molecule has 0 aliphatic carbocycles. The highest BCUT2D eigenvalue weighted by Crippen LogP contribution is 2.39. The summed E-state index contributed by atoms with van der Waals surface area (Å²) in [7, 11) is 0. The smallest absolute Gasteiger partial charge is 0.358 e. The standard InChI is InChI=1S/C17H18N2O4/c20-14(21)6-5-12-17(22)23-16-11-4-2-8-19-7-1-3-10(15(11)19)9-13(16)18-12/h9H,1-8H2,(H,20,21). The lowest BCUT2D eigenvalue weighted by Gasteiger charge is -2.36. The minimum absolute atomic E-state index is 0.103. The van der Waals surface area contributed by atoms with Crippen LogP contribution in [0.1, 0.15) is 36.1 Å². The van der Waals surface area contributed by atoms with Gasteiger partial charge in [-0.25, -0.2) is 9.78 Å². The Bertz CT molecular complexity index is 854. The molecule has 2 aromatic rings. The molecular weight excluding hydrogens is 296 g/mol. The van der Waals surface area contributed by atoms with Gasteiger partial charge in [0.05, 0.1) is 6.42 Å². The van der Waals surface area contributed by atoms with E-state index in [2.05, 4.69) is 9.88 Å². The van der Waals surface area contributed by atoms with Crippen LogP contribution >= 0.6 is 0 Å². The van der Waals surface area contributed by atoms with Crippen LogP contribution in [0.4, 0.5) is 5.69 Å². The molecule has 2 aliphatic heterocycles. The summed E-state index contributed by atoms with van der Waals surface area (Å²) < 4.78 is 5.56. The number of benzene rings is 1. The van der Waals surface area contributed by atoms with Crippen LogP contribution in [0.5, 0.6) is 0 Å². The van der Waals surface area contributed by atoms with Gasteiger partial charge in [-0.3, -0.25) is 4.79 Å². The van der Waals surface area contributed by atoms with Crippen molar-refractivity contribution < 1.29 is 14.3 Å². The Balaban J connectivity index is 1.89. The molecule has 0 unspecified atom stereocenters. The van der Waals surface area contributed by atoms with Gasteiger partial charge in [0.1, 0.15) is 11.2 Å². The molecule has 0 fully saturated rings. The van der Waals surface area contributed by atoms with Gasteiger partial charge in [-0.2, -0.15) is 0 Å². The second-order valence-corrected chi connectivity index (χ2v) is 6.25. The minimum Gasteiger partial charge on any atom is -0.481 e. The molecule has 6 heteroatoms. The van der Waals surface area contributed by atoms with E-state index < -0.39 is 11.6 Å². The molecule has 4 rings (SSSR count). The number of hydrogen-bond donors (Lipinski definition) is 1. The topological polar surface area (TPSA) is 83.6 Å². The summed E-state index contributed by atoms with van der Waals surface area (Å²) in [6.07, 6.45) is 4.08. The first-order chi connectivity index (χ1) is 11.1. The minimum atomic E-state index is -0.942. The van der Waals surface area contributed by atoms with Gasteiger partial charge >= 0.3 is 11.6 Å². The van der Waals surface area contributed by atoms with Gasteiger partial charge in [0.15, 0.2) is 5.58 Å². The largest absolute Gasteiger partial charge is 0.481 e. The van der Waals surface area contributed by atoms with Crippen LogP contribution in [-0.2, 0) is 24.1 Å². The fraction of sp³-hybridized carbons (Fsp3) is 0.471. The van der Waals surface area contributed by atoms with Crippen molar-refractivity contribution in [1.29, 1.82) is 0 Å². The highest BCUT2D eigenvalue weighted by Gasteiger charge is 2.27. The van der Waals surface area contributed by atoms with Crippen LogP contribution in [-0.4, -0.2) is 29.1 Å². The quantitative estimate of drug-likeness (QED) is 0.931. The van der Waals surface area contributed by atoms with Crippen LogP contribution in [0.15, 0.2) is 15.3 Å². The van der Waals surface area contributed by atoms with E-state index in [1.165, 1.54) is 11.3 Å². The number of rotatable bonds is 3. The Hall–Kier alpha value is -2.37. The van der Waals surface area contributed by atoms with E-state index in [9.17, 15) is 9.59 Å². The number of hydrogen-bond acceptors (Lipinski definition) is 5. The molecule has 6 nitrogen and oxygen atoms in total. The summed E-state index contributed by atoms with van der Waals surface area (Å²) in [5.74, 6) is -0.942. The highest BCUT2D eigenvalue weighted by molar-refractivity contribution is 5.86. The van der Waals surface area contributed by atoms with Crippen LogP contribution < -0.4 is 10.5 Å². The molecule has 23 heavy (non-hydrogen) atoms. The van der Waals surface area contributed by atoms with Gasteiger partial charge in [0.25, 0.3) is 0 Å². The lowest BCUT2D eigenvalue weighted by atomic mass is 9.91. The average Bonchev–Trinajstić information content (AvgIpc) is 2.54. The average molecular weight is 314 g/mol. The van der Waals surface area contributed by atoms with Crippen molar-refractivity contribution in [3.63, 3.8) is 0 Å². The van der Waals surface area contributed by atoms with E-state index in [1.807, 2.05) is 6.07 Å². The van der Waals surface area contributed by atoms with Crippen molar-refractivity contribution in [3.05, 3.63) is 33.3 Å². The number of carbonyl (C=O) groups is 1. The second kappa shape index (κ2) is 5.37. The van der Waals surface area contributed by atoms with Crippen molar-refractivity contribution in [3.8, 4) is 0 Å². The van der Waals surface area contributed by atoms with Crippen molar-refractivity contribution in [1.82, 2.24) is 4.98 Å². The normalized spacial score (nSPS) is 16.4. The van der Waals surface area contributed by atoms with Crippen LogP contribution in [0.25, 0.3) is 11.1 Å². The molecule has 3 heterocycles. The van der Waals surface area contributed by atoms with E-state index in [4.69, 9.17) is 9.52 Å². The lowest BCUT2D eigenvalue weighted by molar-refractivity contribution is -0.136.